The second-order valence-corrected chi connectivity index (χ2v) is 7.69. The molecule has 0 fully saturated rings. The molecule has 2 heterocycles. The first-order valence-corrected chi connectivity index (χ1v) is 10.5. The van der Waals surface area contributed by atoms with E-state index < -0.39 is 0 Å². The molecule has 0 atom stereocenters. The minimum atomic E-state index is -0.181. The lowest BCUT2D eigenvalue weighted by molar-refractivity contribution is 0.102. The van der Waals surface area contributed by atoms with Gasteiger partial charge in [0, 0.05) is 10.9 Å². The Kier molecular flexibility index (Phi) is 5.00. The molecule has 0 bridgehead atoms. The van der Waals surface area contributed by atoms with Gasteiger partial charge in [-0.3, -0.25) is 4.79 Å². The second-order valence-electron chi connectivity index (χ2n) is 7.69. The van der Waals surface area contributed by atoms with E-state index in [-0.39, 0.29) is 5.91 Å². The Bertz CT molecular complexity index is 1420. The normalized spacial score (nSPS) is 10.9. The maximum Gasteiger partial charge on any atom is 0.256 e. The van der Waals surface area contributed by atoms with Gasteiger partial charge >= 0.3 is 0 Å². The first-order chi connectivity index (χ1) is 15.6. The Hall–Kier alpha value is -4.25. The highest BCUT2D eigenvalue weighted by Gasteiger charge is 2.19. The SMILES string of the molecule is Cc1nn(-c2ccccc2)c(C)c1NC(=O)c1cc(-c2ccccc2)nc2ccccc12. The highest BCUT2D eigenvalue weighted by atomic mass is 16.1. The van der Waals surface area contributed by atoms with Crippen molar-refractivity contribution in [3.63, 3.8) is 0 Å². The Balaban J connectivity index is 1.57. The van der Waals surface area contributed by atoms with Crippen molar-refractivity contribution in [3.8, 4) is 16.9 Å². The number of hydrogen-bond donors (Lipinski definition) is 1. The molecular formula is C27H22N4O. The summed E-state index contributed by atoms with van der Waals surface area (Å²) in [7, 11) is 0. The molecule has 1 N–H and O–H groups in total. The van der Waals surface area contributed by atoms with Crippen LogP contribution in [0.2, 0.25) is 0 Å². The van der Waals surface area contributed by atoms with Crippen LogP contribution in [0.5, 0.6) is 0 Å². The Morgan fingerprint density at radius 2 is 1.50 bits per heavy atom. The van der Waals surface area contributed by atoms with Crippen LogP contribution in [0.3, 0.4) is 0 Å². The van der Waals surface area contributed by atoms with Crippen molar-refractivity contribution in [2.45, 2.75) is 13.8 Å². The molecule has 0 saturated heterocycles. The van der Waals surface area contributed by atoms with E-state index in [2.05, 4.69) is 10.4 Å². The highest BCUT2D eigenvalue weighted by Crippen LogP contribution is 2.27. The summed E-state index contributed by atoms with van der Waals surface area (Å²) in [4.78, 5) is 18.3. The number of nitrogens with one attached hydrogen (secondary N) is 1. The molecule has 32 heavy (non-hydrogen) atoms. The van der Waals surface area contributed by atoms with Gasteiger partial charge in [-0.05, 0) is 38.1 Å². The van der Waals surface area contributed by atoms with Crippen molar-refractivity contribution >= 4 is 22.5 Å². The quantitative estimate of drug-likeness (QED) is 0.392. The number of benzene rings is 3. The summed E-state index contributed by atoms with van der Waals surface area (Å²) < 4.78 is 1.85. The summed E-state index contributed by atoms with van der Waals surface area (Å²) in [5.41, 5.74) is 6.42. The van der Waals surface area contributed by atoms with Crippen molar-refractivity contribution < 1.29 is 4.79 Å². The molecule has 0 aliphatic heterocycles. The fourth-order valence-corrected chi connectivity index (χ4v) is 3.95. The summed E-state index contributed by atoms with van der Waals surface area (Å²) in [6, 6.07) is 29.4. The molecule has 0 radical (unpaired) electrons. The maximum atomic E-state index is 13.5. The number of carbonyl (C=O) groups excluding carboxylic acids is 1. The van der Waals surface area contributed by atoms with Crippen LogP contribution in [0, 0.1) is 13.8 Å². The lowest BCUT2D eigenvalue weighted by atomic mass is 10.0. The van der Waals surface area contributed by atoms with E-state index in [9.17, 15) is 4.79 Å². The molecule has 5 aromatic rings. The average Bonchev–Trinajstić information content (AvgIpc) is 3.12. The summed E-state index contributed by atoms with van der Waals surface area (Å²) in [6.07, 6.45) is 0. The van der Waals surface area contributed by atoms with Gasteiger partial charge in [0.25, 0.3) is 5.91 Å². The fourth-order valence-electron chi connectivity index (χ4n) is 3.95. The molecule has 0 saturated carbocycles. The van der Waals surface area contributed by atoms with Gasteiger partial charge in [0.15, 0.2) is 0 Å². The molecule has 1 amide bonds. The van der Waals surface area contributed by atoms with Crippen molar-refractivity contribution in [2.24, 2.45) is 0 Å². The number of para-hydroxylation sites is 2. The molecule has 5 heteroatoms. The highest BCUT2D eigenvalue weighted by molar-refractivity contribution is 6.13. The number of nitrogens with zero attached hydrogens (tertiary/aromatic N) is 3. The molecule has 2 aromatic heterocycles. The first kappa shape index (κ1) is 19.7. The van der Waals surface area contributed by atoms with Crippen molar-refractivity contribution in [1.29, 1.82) is 0 Å². The predicted molar refractivity (Wildman–Crippen MR) is 128 cm³/mol. The van der Waals surface area contributed by atoms with Crippen molar-refractivity contribution in [3.05, 3.63) is 108 Å². The van der Waals surface area contributed by atoms with E-state index in [4.69, 9.17) is 4.98 Å². The molecule has 5 nitrogen and oxygen atoms in total. The Morgan fingerprint density at radius 3 is 2.25 bits per heavy atom. The zero-order valence-electron chi connectivity index (χ0n) is 17.9. The zero-order valence-corrected chi connectivity index (χ0v) is 17.9. The van der Waals surface area contributed by atoms with Crippen LogP contribution in [0.25, 0.3) is 27.8 Å². The molecular weight excluding hydrogens is 396 g/mol. The minimum absolute atomic E-state index is 0.181. The third-order valence-electron chi connectivity index (χ3n) is 5.56. The van der Waals surface area contributed by atoms with Gasteiger partial charge in [0.1, 0.15) is 0 Å². The summed E-state index contributed by atoms with van der Waals surface area (Å²) in [6.45, 7) is 3.87. The van der Waals surface area contributed by atoms with Crippen LogP contribution in [0.15, 0.2) is 91.0 Å². The maximum absolute atomic E-state index is 13.5. The van der Waals surface area contributed by atoms with Crippen LogP contribution in [0.4, 0.5) is 5.69 Å². The lowest BCUT2D eigenvalue weighted by Gasteiger charge is -2.11. The number of rotatable bonds is 4. The van der Waals surface area contributed by atoms with Crippen LogP contribution < -0.4 is 5.32 Å². The van der Waals surface area contributed by atoms with Crippen LogP contribution in [0.1, 0.15) is 21.7 Å². The number of aryl methyl sites for hydroxylation is 1. The Morgan fingerprint density at radius 1 is 0.844 bits per heavy atom. The third kappa shape index (κ3) is 3.54. The van der Waals surface area contributed by atoms with Crippen molar-refractivity contribution in [1.82, 2.24) is 14.8 Å². The van der Waals surface area contributed by atoms with Gasteiger partial charge < -0.3 is 5.32 Å². The number of anilines is 1. The fraction of sp³-hybridized carbons (Fsp3) is 0.0741. The van der Waals surface area contributed by atoms with Crippen LogP contribution >= 0.6 is 0 Å². The number of pyridine rings is 1. The van der Waals surface area contributed by atoms with E-state index in [1.54, 1.807) is 0 Å². The molecule has 3 aromatic carbocycles. The van der Waals surface area contributed by atoms with Gasteiger partial charge in [0.2, 0.25) is 0 Å². The lowest BCUT2D eigenvalue weighted by Crippen LogP contribution is -2.14. The van der Waals surface area contributed by atoms with E-state index >= 15 is 0 Å². The molecule has 156 valence electrons. The number of amides is 1. The van der Waals surface area contributed by atoms with E-state index in [1.165, 1.54) is 0 Å². The number of carbonyl (C=O) groups is 1. The molecule has 5 rings (SSSR count). The third-order valence-corrected chi connectivity index (χ3v) is 5.56. The largest absolute Gasteiger partial charge is 0.319 e. The van der Waals surface area contributed by atoms with Crippen LogP contribution in [-0.2, 0) is 0 Å². The molecule has 0 aliphatic carbocycles. The van der Waals surface area contributed by atoms with Gasteiger partial charge in [-0.15, -0.1) is 0 Å². The average molecular weight is 419 g/mol. The van der Waals surface area contributed by atoms with Gasteiger partial charge in [-0.1, -0.05) is 66.7 Å². The summed E-state index contributed by atoms with van der Waals surface area (Å²) >= 11 is 0. The molecule has 0 aliphatic rings. The molecule has 0 spiro atoms. The molecule has 0 unspecified atom stereocenters. The topological polar surface area (TPSA) is 59.8 Å². The smallest absolute Gasteiger partial charge is 0.256 e. The van der Waals surface area contributed by atoms with Gasteiger partial charge in [-0.2, -0.15) is 5.10 Å². The number of fused-ring (bicyclic) bond motifs is 1. The van der Waals surface area contributed by atoms with Crippen molar-refractivity contribution in [2.75, 3.05) is 5.32 Å². The predicted octanol–water partition coefficient (Wildman–Crippen LogP) is 5.96. The Labute approximate surface area is 186 Å². The van der Waals surface area contributed by atoms with Gasteiger partial charge in [-0.25, -0.2) is 9.67 Å². The summed E-state index contributed by atoms with van der Waals surface area (Å²) in [5.74, 6) is -0.181. The monoisotopic (exact) mass is 418 g/mol. The minimum Gasteiger partial charge on any atom is -0.319 e. The second kappa shape index (κ2) is 8.12. The van der Waals surface area contributed by atoms with E-state index in [0.717, 1.165) is 44.9 Å². The van der Waals surface area contributed by atoms with E-state index in [1.807, 2.05) is 110 Å². The van der Waals surface area contributed by atoms with Crippen LogP contribution in [-0.4, -0.2) is 20.7 Å². The summed E-state index contributed by atoms with van der Waals surface area (Å²) in [5, 5.41) is 8.57. The van der Waals surface area contributed by atoms with E-state index in [0.29, 0.717) is 5.56 Å². The van der Waals surface area contributed by atoms with Gasteiger partial charge in [0.05, 0.1) is 39.5 Å². The number of aromatic nitrogens is 3. The number of hydrogen-bond acceptors (Lipinski definition) is 3. The first-order valence-electron chi connectivity index (χ1n) is 10.5. The zero-order chi connectivity index (χ0) is 22.1. The standard InChI is InChI=1S/C27H22N4O/c1-18-26(19(2)31(30-18)21-13-7-4-8-14-21)29-27(32)23-17-25(20-11-5-3-6-12-20)28-24-16-10-9-15-22(23)24/h3-17H,1-2H3,(H,29,32).